The predicted molar refractivity (Wildman–Crippen MR) is 67.9 cm³/mol. The van der Waals surface area contributed by atoms with E-state index < -0.39 is 17.7 Å². The Labute approximate surface area is 117 Å². The topological polar surface area (TPSA) is 40.5 Å². The van der Waals surface area contributed by atoms with Gasteiger partial charge in [0.2, 0.25) is 5.91 Å². The molecule has 0 radical (unpaired) electrons. The van der Waals surface area contributed by atoms with E-state index in [0.717, 1.165) is 0 Å². The fourth-order valence-corrected chi connectivity index (χ4v) is 3.06. The van der Waals surface area contributed by atoms with Crippen molar-refractivity contribution in [2.75, 3.05) is 13.1 Å². The first kappa shape index (κ1) is 15.6. The summed E-state index contributed by atoms with van der Waals surface area (Å²) in [6, 6.07) is 0. The molecule has 0 atom stereocenters. The highest BCUT2D eigenvalue weighted by molar-refractivity contribution is 5.80. The monoisotopic (exact) mass is 293 g/mol. The molecule has 0 aromatic heterocycles. The Balaban J connectivity index is 1.82. The van der Waals surface area contributed by atoms with E-state index in [1.807, 2.05) is 13.8 Å². The van der Waals surface area contributed by atoms with Crippen molar-refractivity contribution < 1.29 is 23.1 Å². The lowest BCUT2D eigenvalue weighted by atomic mass is 9.78. The summed E-state index contributed by atoms with van der Waals surface area (Å²) in [5, 5.41) is 10.1. The van der Waals surface area contributed by atoms with Gasteiger partial charge in [-0.25, -0.2) is 0 Å². The first-order valence-corrected chi connectivity index (χ1v) is 7.21. The fourth-order valence-electron chi connectivity index (χ4n) is 3.06. The zero-order valence-electron chi connectivity index (χ0n) is 11.9. The van der Waals surface area contributed by atoms with Crippen LogP contribution in [0.1, 0.15) is 39.5 Å². The minimum Gasteiger partial charge on any atom is -0.386 e. The minimum absolute atomic E-state index is 0.0438. The average Bonchev–Trinajstić information content (AvgIpc) is 2.33. The van der Waals surface area contributed by atoms with Gasteiger partial charge in [-0.05, 0) is 31.6 Å². The van der Waals surface area contributed by atoms with Gasteiger partial charge in [0.05, 0.1) is 19.0 Å². The summed E-state index contributed by atoms with van der Waals surface area (Å²) in [6.07, 6.45) is -3.44. The van der Waals surface area contributed by atoms with Crippen LogP contribution in [0.2, 0.25) is 0 Å². The Morgan fingerprint density at radius 1 is 1.20 bits per heavy atom. The summed E-state index contributed by atoms with van der Waals surface area (Å²) in [6.45, 7) is 4.41. The van der Waals surface area contributed by atoms with Crippen LogP contribution in [0.25, 0.3) is 0 Å². The Morgan fingerprint density at radius 2 is 1.70 bits per heavy atom. The molecule has 0 aromatic rings. The lowest BCUT2D eigenvalue weighted by molar-refractivity contribution is -0.188. The standard InChI is InChI=1S/C14H22F3NO2/c1-9(2)13(20)7-18(8-13)12(19)10-3-5-11(6-4-10)14(15,16)17/h9-11,20H,3-8H2,1-2H3. The normalized spacial score (nSPS) is 30.2. The van der Waals surface area contributed by atoms with Crippen molar-refractivity contribution >= 4 is 5.91 Å². The third-order valence-electron chi connectivity index (χ3n) is 4.86. The number of rotatable bonds is 2. The van der Waals surface area contributed by atoms with Gasteiger partial charge in [-0.3, -0.25) is 4.79 Å². The summed E-state index contributed by atoms with van der Waals surface area (Å²) in [7, 11) is 0. The molecule has 1 aliphatic heterocycles. The number of likely N-dealkylation sites (tertiary alicyclic amines) is 1. The Kier molecular flexibility index (Phi) is 4.06. The number of β-amino-alcohol motifs (C(OH)–C–C–N with tert-alkyl or cyclic N) is 1. The molecule has 20 heavy (non-hydrogen) atoms. The number of hydrogen-bond acceptors (Lipinski definition) is 2. The van der Waals surface area contributed by atoms with Crippen molar-refractivity contribution in [3.05, 3.63) is 0 Å². The predicted octanol–water partition coefficient (Wildman–Crippen LogP) is 2.58. The first-order valence-electron chi connectivity index (χ1n) is 7.21. The van der Waals surface area contributed by atoms with Crippen LogP contribution in [0.15, 0.2) is 0 Å². The van der Waals surface area contributed by atoms with E-state index in [9.17, 15) is 23.1 Å². The lowest BCUT2D eigenvalue weighted by Crippen LogP contribution is -2.66. The van der Waals surface area contributed by atoms with Gasteiger partial charge in [0.1, 0.15) is 5.60 Å². The molecular weight excluding hydrogens is 271 g/mol. The third kappa shape index (κ3) is 2.95. The molecule has 3 nitrogen and oxygen atoms in total. The van der Waals surface area contributed by atoms with Crippen LogP contribution in [0.5, 0.6) is 0 Å². The molecule has 1 saturated carbocycles. The molecule has 1 heterocycles. The van der Waals surface area contributed by atoms with Crippen molar-refractivity contribution in [3.8, 4) is 0 Å². The van der Waals surface area contributed by atoms with E-state index in [2.05, 4.69) is 0 Å². The molecule has 116 valence electrons. The van der Waals surface area contributed by atoms with E-state index in [4.69, 9.17) is 0 Å². The second kappa shape index (κ2) is 5.20. The van der Waals surface area contributed by atoms with Crippen molar-refractivity contribution in [1.29, 1.82) is 0 Å². The summed E-state index contributed by atoms with van der Waals surface area (Å²) in [4.78, 5) is 13.8. The Morgan fingerprint density at radius 3 is 2.10 bits per heavy atom. The first-order chi connectivity index (χ1) is 9.13. The maximum Gasteiger partial charge on any atom is 0.391 e. The molecule has 0 unspecified atom stereocenters. The summed E-state index contributed by atoms with van der Waals surface area (Å²) in [5.74, 6) is -1.57. The molecular formula is C14H22F3NO2. The molecule has 0 bridgehead atoms. The van der Waals surface area contributed by atoms with E-state index in [1.165, 1.54) is 0 Å². The van der Waals surface area contributed by atoms with Crippen LogP contribution in [-0.4, -0.2) is 40.8 Å². The van der Waals surface area contributed by atoms with E-state index >= 15 is 0 Å². The van der Waals surface area contributed by atoms with Gasteiger partial charge < -0.3 is 10.0 Å². The zero-order chi connectivity index (χ0) is 15.1. The molecule has 1 amide bonds. The molecule has 2 rings (SSSR count). The largest absolute Gasteiger partial charge is 0.391 e. The molecule has 1 N–H and O–H groups in total. The maximum atomic E-state index is 12.6. The highest BCUT2D eigenvalue weighted by Gasteiger charge is 2.48. The fraction of sp³-hybridized carbons (Fsp3) is 0.929. The number of alkyl halides is 3. The number of halogens is 3. The molecule has 0 aromatic carbocycles. The van der Waals surface area contributed by atoms with Gasteiger partial charge in [0.15, 0.2) is 0 Å². The van der Waals surface area contributed by atoms with E-state index in [-0.39, 0.29) is 30.6 Å². The number of amides is 1. The maximum absolute atomic E-state index is 12.6. The van der Waals surface area contributed by atoms with Crippen LogP contribution in [0, 0.1) is 17.8 Å². The smallest absolute Gasteiger partial charge is 0.386 e. The van der Waals surface area contributed by atoms with Crippen LogP contribution in [-0.2, 0) is 4.79 Å². The highest BCUT2D eigenvalue weighted by atomic mass is 19.4. The second-order valence-electron chi connectivity index (χ2n) is 6.54. The molecule has 2 aliphatic rings. The number of aliphatic hydroxyl groups is 1. The highest BCUT2D eigenvalue weighted by Crippen LogP contribution is 2.41. The Bertz CT molecular complexity index is 367. The van der Waals surface area contributed by atoms with Crippen LogP contribution in [0.3, 0.4) is 0 Å². The van der Waals surface area contributed by atoms with Gasteiger partial charge in [-0.2, -0.15) is 13.2 Å². The van der Waals surface area contributed by atoms with Crippen LogP contribution >= 0.6 is 0 Å². The number of carbonyl (C=O) groups excluding carboxylic acids is 1. The summed E-state index contributed by atoms with van der Waals surface area (Å²) >= 11 is 0. The minimum atomic E-state index is -4.14. The number of nitrogens with zero attached hydrogens (tertiary/aromatic N) is 1. The number of hydrogen-bond donors (Lipinski definition) is 1. The SMILES string of the molecule is CC(C)C1(O)CN(C(=O)C2CCC(C(F)(F)F)CC2)C1. The quantitative estimate of drug-likeness (QED) is 0.850. The van der Waals surface area contributed by atoms with Crippen molar-refractivity contribution in [2.45, 2.75) is 51.3 Å². The van der Waals surface area contributed by atoms with Gasteiger partial charge in [0.25, 0.3) is 0 Å². The van der Waals surface area contributed by atoms with Gasteiger partial charge in [0, 0.05) is 5.92 Å². The van der Waals surface area contributed by atoms with Crippen LogP contribution < -0.4 is 0 Å². The second-order valence-corrected chi connectivity index (χ2v) is 6.54. The van der Waals surface area contributed by atoms with Crippen LogP contribution in [0.4, 0.5) is 13.2 Å². The number of carbonyl (C=O) groups is 1. The molecule has 6 heteroatoms. The third-order valence-corrected chi connectivity index (χ3v) is 4.86. The molecule has 1 aliphatic carbocycles. The molecule has 0 spiro atoms. The molecule has 1 saturated heterocycles. The van der Waals surface area contributed by atoms with Crippen molar-refractivity contribution in [2.24, 2.45) is 17.8 Å². The van der Waals surface area contributed by atoms with Gasteiger partial charge in [-0.1, -0.05) is 13.8 Å². The lowest BCUT2D eigenvalue weighted by Gasteiger charge is -2.50. The van der Waals surface area contributed by atoms with Crippen molar-refractivity contribution in [3.63, 3.8) is 0 Å². The van der Waals surface area contributed by atoms with Gasteiger partial charge in [-0.15, -0.1) is 0 Å². The Hall–Kier alpha value is -0.780. The summed E-state index contributed by atoms with van der Waals surface area (Å²) < 4.78 is 37.7. The summed E-state index contributed by atoms with van der Waals surface area (Å²) in [5.41, 5.74) is -0.821. The van der Waals surface area contributed by atoms with Gasteiger partial charge >= 0.3 is 6.18 Å². The van der Waals surface area contributed by atoms with E-state index in [1.54, 1.807) is 4.90 Å². The zero-order valence-corrected chi connectivity index (χ0v) is 11.9. The average molecular weight is 293 g/mol. The van der Waals surface area contributed by atoms with Crippen molar-refractivity contribution in [1.82, 2.24) is 4.90 Å². The molecule has 2 fully saturated rings. The van der Waals surface area contributed by atoms with E-state index in [0.29, 0.717) is 25.9 Å².